The van der Waals surface area contributed by atoms with Crippen molar-refractivity contribution in [2.24, 2.45) is 0 Å². The number of fused-ring (bicyclic) bond motifs is 2. The van der Waals surface area contributed by atoms with Gasteiger partial charge < -0.3 is 10.2 Å². The fraction of sp³-hybridized carbons (Fsp3) is 0.0833. The Hall–Kier alpha value is -3.44. The van der Waals surface area contributed by atoms with Crippen molar-refractivity contribution in [3.8, 4) is 10.7 Å². The summed E-state index contributed by atoms with van der Waals surface area (Å²) in [6.07, 6.45) is 0. The second kappa shape index (κ2) is 7.18. The lowest BCUT2D eigenvalue weighted by atomic mass is 10.2. The van der Waals surface area contributed by atoms with Crippen LogP contribution in [0.4, 0.5) is 17.2 Å². The third kappa shape index (κ3) is 3.41. The second-order valence-corrected chi connectivity index (χ2v) is 8.21. The van der Waals surface area contributed by atoms with Gasteiger partial charge in [0.1, 0.15) is 5.82 Å². The molecule has 5 rings (SSSR count). The lowest BCUT2D eigenvalue weighted by molar-refractivity contribution is 1.13. The Kier molecular flexibility index (Phi) is 4.37. The van der Waals surface area contributed by atoms with Crippen molar-refractivity contribution in [3.05, 3.63) is 78.9 Å². The monoisotopic (exact) mass is 396 g/mol. The Morgan fingerprint density at radius 2 is 1.59 bits per heavy atom. The molecule has 0 amide bonds. The van der Waals surface area contributed by atoms with Gasteiger partial charge in [0.15, 0.2) is 5.82 Å². The number of rotatable bonds is 4. The van der Waals surface area contributed by atoms with Crippen molar-refractivity contribution in [3.63, 3.8) is 0 Å². The third-order valence-corrected chi connectivity index (χ3v) is 6.01. The van der Waals surface area contributed by atoms with Crippen molar-refractivity contribution in [2.45, 2.75) is 0 Å². The van der Waals surface area contributed by atoms with Crippen molar-refractivity contribution < 1.29 is 0 Å². The average molecular weight is 397 g/mol. The Bertz CT molecular complexity index is 1270. The molecule has 2 aromatic heterocycles. The lowest BCUT2D eigenvalue weighted by Gasteiger charge is -2.14. The zero-order valence-electron chi connectivity index (χ0n) is 16.3. The van der Waals surface area contributed by atoms with Gasteiger partial charge >= 0.3 is 0 Å². The summed E-state index contributed by atoms with van der Waals surface area (Å²) in [4.78, 5) is 12.9. The molecule has 0 aliphatic carbocycles. The molecule has 3 aromatic carbocycles. The van der Waals surface area contributed by atoms with Gasteiger partial charge in [-0.15, -0.1) is 11.3 Å². The maximum atomic E-state index is 4.90. The second-order valence-electron chi connectivity index (χ2n) is 7.13. The first-order chi connectivity index (χ1) is 14.2. The Labute approximate surface area is 173 Å². The van der Waals surface area contributed by atoms with Crippen LogP contribution in [0.5, 0.6) is 0 Å². The highest BCUT2D eigenvalue weighted by molar-refractivity contribution is 7.22. The minimum Gasteiger partial charge on any atom is -0.378 e. The number of hydrogen-bond donors (Lipinski definition) is 1. The number of benzene rings is 3. The molecule has 0 bridgehead atoms. The van der Waals surface area contributed by atoms with Gasteiger partial charge in [-0.1, -0.05) is 30.3 Å². The molecule has 0 aliphatic heterocycles. The minimum atomic E-state index is 0.748. The van der Waals surface area contributed by atoms with E-state index in [9.17, 15) is 0 Å². The molecule has 2 heterocycles. The van der Waals surface area contributed by atoms with Gasteiger partial charge in [0.05, 0.1) is 10.4 Å². The maximum Gasteiger partial charge on any atom is 0.172 e. The molecule has 5 aromatic rings. The summed E-state index contributed by atoms with van der Waals surface area (Å²) in [7, 11) is 4.08. The molecule has 0 spiro atoms. The van der Waals surface area contributed by atoms with Gasteiger partial charge in [0, 0.05) is 35.6 Å². The van der Waals surface area contributed by atoms with Gasteiger partial charge in [0.2, 0.25) is 0 Å². The molecule has 0 saturated heterocycles. The normalized spacial score (nSPS) is 11.1. The Morgan fingerprint density at radius 3 is 2.38 bits per heavy atom. The number of para-hydroxylation sites is 1. The number of aromatic nitrogens is 2. The summed E-state index contributed by atoms with van der Waals surface area (Å²) in [5, 5.41) is 5.72. The van der Waals surface area contributed by atoms with Crippen LogP contribution in [-0.2, 0) is 0 Å². The molecule has 0 aliphatic rings. The molecule has 0 saturated carbocycles. The number of thiophene rings is 1. The van der Waals surface area contributed by atoms with E-state index in [0.29, 0.717) is 0 Å². The molecule has 0 radical (unpaired) electrons. The topological polar surface area (TPSA) is 41.0 Å². The number of nitrogens with one attached hydrogen (secondary N) is 1. The molecule has 142 valence electrons. The highest BCUT2D eigenvalue weighted by atomic mass is 32.1. The third-order valence-electron chi connectivity index (χ3n) is 4.90. The van der Waals surface area contributed by atoms with Crippen LogP contribution in [0.1, 0.15) is 0 Å². The fourth-order valence-corrected chi connectivity index (χ4v) is 4.35. The standard InChI is InChI=1S/C24H20N4S/c1-28(2)18-13-11-17(12-14-18)25-23-19-8-4-5-9-20(19)26-24(27-23)22-15-16-7-3-6-10-21(16)29-22/h3-15H,1-2H3,(H,25,26,27). The number of nitrogens with zero attached hydrogens (tertiary/aromatic N) is 3. The summed E-state index contributed by atoms with van der Waals surface area (Å²) in [5.41, 5.74) is 3.10. The molecule has 0 unspecified atom stereocenters. The van der Waals surface area contributed by atoms with Crippen molar-refractivity contribution in [1.29, 1.82) is 0 Å². The molecular weight excluding hydrogens is 376 g/mol. The molecule has 0 fully saturated rings. The van der Waals surface area contributed by atoms with E-state index in [1.165, 1.54) is 10.1 Å². The van der Waals surface area contributed by atoms with E-state index >= 15 is 0 Å². The van der Waals surface area contributed by atoms with Crippen molar-refractivity contribution >= 4 is 49.5 Å². The average Bonchev–Trinajstić information content (AvgIpc) is 3.18. The highest BCUT2D eigenvalue weighted by Gasteiger charge is 2.12. The summed E-state index contributed by atoms with van der Waals surface area (Å²) in [6, 6.07) is 27.0. The molecule has 4 nitrogen and oxygen atoms in total. The first-order valence-electron chi connectivity index (χ1n) is 9.47. The predicted molar refractivity (Wildman–Crippen MR) is 124 cm³/mol. The maximum absolute atomic E-state index is 4.90. The molecular formula is C24H20N4S. The van der Waals surface area contributed by atoms with E-state index in [1.807, 2.05) is 32.3 Å². The Balaban J connectivity index is 1.60. The summed E-state index contributed by atoms with van der Waals surface area (Å²) < 4.78 is 1.24. The van der Waals surface area contributed by atoms with Gasteiger partial charge in [-0.3, -0.25) is 0 Å². The van der Waals surface area contributed by atoms with Crippen molar-refractivity contribution in [1.82, 2.24) is 9.97 Å². The minimum absolute atomic E-state index is 0.748. The van der Waals surface area contributed by atoms with Crippen LogP contribution in [-0.4, -0.2) is 24.1 Å². The van der Waals surface area contributed by atoms with E-state index in [1.54, 1.807) is 11.3 Å². The zero-order chi connectivity index (χ0) is 19.8. The van der Waals surface area contributed by atoms with Crippen LogP contribution in [0.3, 0.4) is 0 Å². The highest BCUT2D eigenvalue weighted by Crippen LogP contribution is 2.34. The molecule has 1 N–H and O–H groups in total. The summed E-state index contributed by atoms with van der Waals surface area (Å²) >= 11 is 1.72. The quantitative estimate of drug-likeness (QED) is 0.386. The predicted octanol–water partition coefficient (Wildman–Crippen LogP) is 6.32. The van der Waals surface area contributed by atoms with E-state index in [2.05, 4.69) is 70.9 Å². The van der Waals surface area contributed by atoms with Gasteiger partial charge in [0.25, 0.3) is 0 Å². The largest absolute Gasteiger partial charge is 0.378 e. The first kappa shape index (κ1) is 17.6. The fourth-order valence-electron chi connectivity index (χ4n) is 3.35. The number of hydrogen-bond acceptors (Lipinski definition) is 5. The zero-order valence-corrected chi connectivity index (χ0v) is 17.1. The molecule has 29 heavy (non-hydrogen) atoms. The lowest BCUT2D eigenvalue weighted by Crippen LogP contribution is -2.08. The van der Waals surface area contributed by atoms with E-state index in [-0.39, 0.29) is 0 Å². The smallest absolute Gasteiger partial charge is 0.172 e. The van der Waals surface area contributed by atoms with Crippen LogP contribution < -0.4 is 10.2 Å². The van der Waals surface area contributed by atoms with Gasteiger partial charge in [-0.05, 0) is 53.9 Å². The van der Waals surface area contributed by atoms with Crippen LogP contribution in [0.2, 0.25) is 0 Å². The summed E-state index contributed by atoms with van der Waals surface area (Å²) in [5.74, 6) is 1.57. The van der Waals surface area contributed by atoms with Crippen LogP contribution >= 0.6 is 11.3 Å². The van der Waals surface area contributed by atoms with Gasteiger partial charge in [-0.2, -0.15) is 0 Å². The SMILES string of the molecule is CN(C)c1ccc(Nc2nc(-c3cc4ccccc4s3)nc3ccccc23)cc1. The van der Waals surface area contributed by atoms with Crippen LogP contribution in [0, 0.1) is 0 Å². The van der Waals surface area contributed by atoms with E-state index in [4.69, 9.17) is 9.97 Å². The van der Waals surface area contributed by atoms with Crippen LogP contribution in [0.25, 0.3) is 31.7 Å². The molecule has 0 atom stereocenters. The number of anilines is 3. The Morgan fingerprint density at radius 1 is 0.828 bits per heavy atom. The summed E-state index contributed by atoms with van der Waals surface area (Å²) in [6.45, 7) is 0. The van der Waals surface area contributed by atoms with E-state index in [0.717, 1.165) is 38.8 Å². The first-order valence-corrected chi connectivity index (χ1v) is 10.3. The van der Waals surface area contributed by atoms with E-state index < -0.39 is 0 Å². The van der Waals surface area contributed by atoms with Crippen molar-refractivity contribution in [2.75, 3.05) is 24.3 Å². The molecule has 5 heteroatoms. The van der Waals surface area contributed by atoms with Gasteiger partial charge in [-0.25, -0.2) is 9.97 Å². The van der Waals surface area contributed by atoms with Crippen LogP contribution in [0.15, 0.2) is 78.9 Å².